The first-order valence-corrected chi connectivity index (χ1v) is 7.16. The van der Waals surface area contributed by atoms with Crippen molar-refractivity contribution in [2.24, 2.45) is 0 Å². The van der Waals surface area contributed by atoms with Crippen molar-refractivity contribution in [1.29, 1.82) is 0 Å². The molecule has 0 radical (unpaired) electrons. The van der Waals surface area contributed by atoms with Crippen LogP contribution in [-0.4, -0.2) is 10.8 Å². The molecule has 0 bridgehead atoms. The van der Waals surface area contributed by atoms with Crippen LogP contribution in [-0.2, 0) is 5.41 Å². The van der Waals surface area contributed by atoms with E-state index < -0.39 is 0 Å². The van der Waals surface area contributed by atoms with Crippen molar-refractivity contribution < 1.29 is 0 Å². The van der Waals surface area contributed by atoms with Crippen molar-refractivity contribution in [1.82, 2.24) is 0 Å². The highest BCUT2D eigenvalue weighted by molar-refractivity contribution is 6.22. The van der Waals surface area contributed by atoms with Crippen LogP contribution in [0.4, 0.5) is 0 Å². The highest BCUT2D eigenvalue weighted by Crippen LogP contribution is 2.40. The number of allylic oxidation sites excluding steroid dienone is 4. The van der Waals surface area contributed by atoms with Gasteiger partial charge < -0.3 is 0 Å². The fourth-order valence-electron chi connectivity index (χ4n) is 2.45. The largest absolute Gasteiger partial charge is 0.122 e. The van der Waals surface area contributed by atoms with Crippen LogP contribution in [0.25, 0.3) is 0 Å². The van der Waals surface area contributed by atoms with Crippen LogP contribution in [0.1, 0.15) is 25.8 Å². The maximum absolute atomic E-state index is 6.46. The van der Waals surface area contributed by atoms with Crippen LogP contribution < -0.4 is 0 Å². The average molecular weight is 281 g/mol. The lowest BCUT2D eigenvalue weighted by molar-refractivity contribution is 0.523. The molecule has 1 aromatic rings. The lowest BCUT2D eigenvalue weighted by Crippen LogP contribution is -2.33. The van der Waals surface area contributed by atoms with Gasteiger partial charge >= 0.3 is 0 Å². The van der Waals surface area contributed by atoms with E-state index in [0.29, 0.717) is 0 Å². The Morgan fingerprint density at radius 3 is 2.22 bits per heavy atom. The summed E-state index contributed by atoms with van der Waals surface area (Å²) < 4.78 is 0. The van der Waals surface area contributed by atoms with Gasteiger partial charge in [0.1, 0.15) is 0 Å². The standard InChI is InChI=1S/C16H18Cl2/c1-12(17)14-8-10-16(11-9-14,13(2)18)15-6-4-3-5-7-15/h3-10,12-13H,11H2,1-2H3. The summed E-state index contributed by atoms with van der Waals surface area (Å²) in [6.45, 7) is 4.05. The van der Waals surface area contributed by atoms with Crippen LogP contribution in [0.3, 0.4) is 0 Å². The van der Waals surface area contributed by atoms with Crippen molar-refractivity contribution in [3.05, 3.63) is 59.7 Å². The summed E-state index contributed by atoms with van der Waals surface area (Å²) in [7, 11) is 0. The Hall–Kier alpha value is -0.720. The van der Waals surface area contributed by atoms with Crippen LogP contribution in [0.2, 0.25) is 0 Å². The highest BCUT2D eigenvalue weighted by atomic mass is 35.5. The predicted octanol–water partition coefficient (Wildman–Crippen LogP) is 5.07. The Morgan fingerprint density at radius 2 is 1.78 bits per heavy atom. The van der Waals surface area contributed by atoms with E-state index in [1.807, 2.05) is 13.0 Å². The maximum Gasteiger partial charge on any atom is 0.0553 e. The summed E-state index contributed by atoms with van der Waals surface area (Å²) in [5.41, 5.74) is 2.33. The molecule has 0 fully saturated rings. The third kappa shape index (κ3) is 2.50. The van der Waals surface area contributed by atoms with E-state index in [1.54, 1.807) is 0 Å². The molecule has 1 aromatic carbocycles. The van der Waals surface area contributed by atoms with Gasteiger partial charge in [-0.05, 0) is 31.4 Å². The van der Waals surface area contributed by atoms with E-state index in [-0.39, 0.29) is 16.2 Å². The van der Waals surface area contributed by atoms with Gasteiger partial charge in [0.25, 0.3) is 0 Å². The zero-order valence-corrected chi connectivity index (χ0v) is 12.2. The van der Waals surface area contributed by atoms with Gasteiger partial charge in [-0.3, -0.25) is 0 Å². The number of rotatable bonds is 3. The van der Waals surface area contributed by atoms with Gasteiger partial charge in [-0.15, -0.1) is 23.2 Å². The molecule has 0 heterocycles. The summed E-state index contributed by atoms with van der Waals surface area (Å²) in [6, 6.07) is 10.4. The molecule has 0 amide bonds. The van der Waals surface area contributed by atoms with E-state index in [1.165, 1.54) is 11.1 Å². The quantitative estimate of drug-likeness (QED) is 0.679. The van der Waals surface area contributed by atoms with E-state index >= 15 is 0 Å². The lowest BCUT2D eigenvalue weighted by Gasteiger charge is -2.36. The number of hydrogen-bond donors (Lipinski definition) is 0. The summed E-state index contributed by atoms with van der Waals surface area (Å²) in [5, 5.41) is 0.0974. The minimum Gasteiger partial charge on any atom is -0.122 e. The smallest absolute Gasteiger partial charge is 0.0553 e. The molecule has 1 aliphatic rings. The second-order valence-corrected chi connectivity index (χ2v) is 6.19. The predicted molar refractivity (Wildman–Crippen MR) is 80.6 cm³/mol. The number of halogens is 2. The fourth-order valence-corrected chi connectivity index (χ4v) is 2.90. The van der Waals surface area contributed by atoms with Crippen molar-refractivity contribution in [2.45, 2.75) is 36.4 Å². The van der Waals surface area contributed by atoms with Crippen molar-refractivity contribution in [2.75, 3.05) is 0 Å². The molecule has 0 saturated heterocycles. The van der Waals surface area contributed by atoms with E-state index in [0.717, 1.165) is 6.42 Å². The molecular weight excluding hydrogens is 263 g/mol. The molecular formula is C16H18Cl2. The second kappa shape index (κ2) is 5.50. The van der Waals surface area contributed by atoms with E-state index in [4.69, 9.17) is 23.2 Å². The van der Waals surface area contributed by atoms with Gasteiger partial charge in [-0.2, -0.15) is 0 Å². The molecule has 2 rings (SSSR count). The van der Waals surface area contributed by atoms with E-state index in [9.17, 15) is 0 Å². The molecule has 96 valence electrons. The molecule has 1 aliphatic carbocycles. The number of benzene rings is 1. The normalized spacial score (nSPS) is 26.6. The second-order valence-electron chi connectivity index (χ2n) is 4.88. The number of hydrogen-bond acceptors (Lipinski definition) is 0. The van der Waals surface area contributed by atoms with Gasteiger partial charge in [0.15, 0.2) is 0 Å². The third-order valence-electron chi connectivity index (χ3n) is 3.73. The van der Waals surface area contributed by atoms with Gasteiger partial charge in [0.05, 0.1) is 5.38 Å². The summed E-state index contributed by atoms with van der Waals surface area (Å²) in [4.78, 5) is 0. The van der Waals surface area contributed by atoms with Crippen LogP contribution in [0, 0.1) is 0 Å². The molecule has 0 saturated carbocycles. The van der Waals surface area contributed by atoms with Gasteiger partial charge in [0, 0.05) is 10.8 Å². The van der Waals surface area contributed by atoms with Crippen molar-refractivity contribution in [3.8, 4) is 0 Å². The zero-order valence-electron chi connectivity index (χ0n) is 10.7. The minimum atomic E-state index is -0.113. The first-order valence-electron chi connectivity index (χ1n) is 6.29. The molecule has 0 spiro atoms. The minimum absolute atomic E-state index is 0.0413. The maximum atomic E-state index is 6.46. The van der Waals surface area contributed by atoms with Crippen molar-refractivity contribution >= 4 is 23.2 Å². The van der Waals surface area contributed by atoms with Crippen LogP contribution in [0.5, 0.6) is 0 Å². The zero-order chi connectivity index (χ0) is 13.2. The van der Waals surface area contributed by atoms with Crippen LogP contribution in [0.15, 0.2) is 54.1 Å². The fraction of sp³-hybridized carbons (Fsp3) is 0.375. The molecule has 0 nitrogen and oxygen atoms in total. The molecule has 0 N–H and O–H groups in total. The SMILES string of the molecule is CC(Cl)C1=CCC(c2ccccc2)(C(C)Cl)C=C1. The third-order valence-corrected chi connectivity index (χ3v) is 4.37. The van der Waals surface area contributed by atoms with Gasteiger partial charge in [-0.1, -0.05) is 48.6 Å². The molecule has 0 aromatic heterocycles. The Bertz CT molecular complexity index is 457. The summed E-state index contributed by atoms with van der Waals surface area (Å²) in [6.07, 6.45) is 7.45. The summed E-state index contributed by atoms with van der Waals surface area (Å²) in [5.74, 6) is 0. The van der Waals surface area contributed by atoms with Crippen LogP contribution >= 0.6 is 23.2 Å². The Kier molecular flexibility index (Phi) is 4.19. The van der Waals surface area contributed by atoms with Gasteiger partial charge in [-0.25, -0.2) is 0 Å². The molecule has 0 aliphatic heterocycles. The topological polar surface area (TPSA) is 0 Å². The lowest BCUT2D eigenvalue weighted by atomic mass is 9.72. The first-order chi connectivity index (χ1) is 8.56. The monoisotopic (exact) mass is 280 g/mol. The Labute approximate surface area is 119 Å². The molecule has 3 atom stereocenters. The highest BCUT2D eigenvalue weighted by Gasteiger charge is 2.35. The van der Waals surface area contributed by atoms with E-state index in [2.05, 4.69) is 49.4 Å². The van der Waals surface area contributed by atoms with Gasteiger partial charge in [0.2, 0.25) is 0 Å². The molecule has 2 heteroatoms. The average Bonchev–Trinajstić information content (AvgIpc) is 2.39. The molecule has 3 unspecified atom stereocenters. The molecule has 18 heavy (non-hydrogen) atoms. The first kappa shape index (κ1) is 13.7. The summed E-state index contributed by atoms with van der Waals surface area (Å²) >= 11 is 12.6. The Morgan fingerprint density at radius 1 is 1.11 bits per heavy atom. The number of alkyl halides is 2. The Balaban J connectivity index is 2.37. The van der Waals surface area contributed by atoms with Crippen molar-refractivity contribution in [3.63, 3.8) is 0 Å².